The molecule has 1 saturated heterocycles. The number of aromatic amines is 1. The summed E-state index contributed by atoms with van der Waals surface area (Å²) in [6.45, 7) is 4.23. The van der Waals surface area contributed by atoms with E-state index >= 15 is 0 Å². The third-order valence-corrected chi connectivity index (χ3v) is 3.39. The standard InChI is InChI=1S/C9H12IN3O2/c1-6-4-15-3-2-13(6)8-7(10)9(14)12-5-11-8/h5-6H,2-4H2,1H3,(H,11,12,14). The molecular formula is C9H12IN3O2. The number of anilines is 1. The summed E-state index contributed by atoms with van der Waals surface area (Å²) >= 11 is 2.03. The minimum atomic E-state index is -0.0840. The second-order valence-corrected chi connectivity index (χ2v) is 4.57. The highest BCUT2D eigenvalue weighted by Gasteiger charge is 2.22. The number of ether oxygens (including phenoxy) is 1. The van der Waals surface area contributed by atoms with Crippen LogP contribution in [0.5, 0.6) is 0 Å². The summed E-state index contributed by atoms with van der Waals surface area (Å²) in [7, 11) is 0. The predicted octanol–water partition coefficient (Wildman–Crippen LogP) is 0.600. The number of aromatic nitrogens is 2. The molecule has 1 fully saturated rings. The summed E-state index contributed by atoms with van der Waals surface area (Å²) < 4.78 is 5.99. The number of halogens is 1. The Labute approximate surface area is 101 Å². The summed E-state index contributed by atoms with van der Waals surface area (Å²) in [4.78, 5) is 20.3. The fourth-order valence-corrected chi connectivity index (χ4v) is 2.22. The smallest absolute Gasteiger partial charge is 0.266 e. The number of nitrogens with zero attached hydrogens (tertiary/aromatic N) is 2. The van der Waals surface area contributed by atoms with E-state index in [2.05, 4.69) is 21.8 Å². The summed E-state index contributed by atoms with van der Waals surface area (Å²) in [5.74, 6) is 0.759. The Morgan fingerprint density at radius 2 is 2.53 bits per heavy atom. The van der Waals surface area contributed by atoms with Crippen LogP contribution in [0.2, 0.25) is 0 Å². The van der Waals surface area contributed by atoms with Crippen molar-refractivity contribution in [2.45, 2.75) is 13.0 Å². The molecule has 1 unspecified atom stereocenters. The molecule has 0 saturated carbocycles. The maximum Gasteiger partial charge on any atom is 0.266 e. The van der Waals surface area contributed by atoms with Crippen LogP contribution < -0.4 is 10.5 Å². The van der Waals surface area contributed by atoms with Crippen LogP contribution in [-0.4, -0.2) is 35.8 Å². The van der Waals surface area contributed by atoms with Crippen LogP contribution in [-0.2, 0) is 4.74 Å². The van der Waals surface area contributed by atoms with E-state index in [-0.39, 0.29) is 11.6 Å². The second-order valence-electron chi connectivity index (χ2n) is 3.49. The molecule has 1 aliphatic heterocycles. The van der Waals surface area contributed by atoms with E-state index in [4.69, 9.17) is 4.74 Å². The first kappa shape index (κ1) is 10.9. The van der Waals surface area contributed by atoms with E-state index in [1.165, 1.54) is 6.33 Å². The average Bonchev–Trinajstić information content (AvgIpc) is 2.23. The Morgan fingerprint density at radius 3 is 3.27 bits per heavy atom. The van der Waals surface area contributed by atoms with Crippen molar-refractivity contribution in [3.63, 3.8) is 0 Å². The molecular weight excluding hydrogens is 309 g/mol. The maximum atomic E-state index is 11.4. The molecule has 5 nitrogen and oxygen atoms in total. The van der Waals surface area contributed by atoms with Gasteiger partial charge >= 0.3 is 0 Å². The van der Waals surface area contributed by atoms with Gasteiger partial charge in [0.15, 0.2) is 0 Å². The van der Waals surface area contributed by atoms with Gasteiger partial charge in [0.05, 0.1) is 25.6 Å². The van der Waals surface area contributed by atoms with Crippen LogP contribution in [0.15, 0.2) is 11.1 Å². The van der Waals surface area contributed by atoms with Crippen LogP contribution in [0, 0.1) is 3.57 Å². The van der Waals surface area contributed by atoms with Gasteiger partial charge in [0, 0.05) is 6.54 Å². The van der Waals surface area contributed by atoms with Gasteiger partial charge in [-0.25, -0.2) is 4.98 Å². The van der Waals surface area contributed by atoms with E-state index in [1.54, 1.807) is 0 Å². The number of nitrogens with one attached hydrogen (secondary N) is 1. The first-order valence-electron chi connectivity index (χ1n) is 4.77. The fourth-order valence-electron chi connectivity index (χ4n) is 1.62. The highest BCUT2D eigenvalue weighted by Crippen LogP contribution is 2.19. The van der Waals surface area contributed by atoms with Gasteiger partial charge in [-0.15, -0.1) is 0 Å². The lowest BCUT2D eigenvalue weighted by Crippen LogP contribution is -2.45. The van der Waals surface area contributed by atoms with Gasteiger partial charge in [-0.1, -0.05) is 0 Å². The van der Waals surface area contributed by atoms with Gasteiger partial charge in [-0.05, 0) is 29.5 Å². The number of morpholine rings is 1. The van der Waals surface area contributed by atoms with Crippen LogP contribution in [0.3, 0.4) is 0 Å². The lowest BCUT2D eigenvalue weighted by molar-refractivity contribution is 0.0984. The molecule has 1 aromatic heterocycles. The zero-order chi connectivity index (χ0) is 10.8. The molecule has 2 rings (SSSR count). The summed E-state index contributed by atoms with van der Waals surface area (Å²) in [6.07, 6.45) is 1.45. The molecule has 1 aromatic rings. The second kappa shape index (κ2) is 4.48. The van der Waals surface area contributed by atoms with E-state index in [1.807, 2.05) is 22.6 Å². The van der Waals surface area contributed by atoms with Crippen LogP contribution in [0.4, 0.5) is 5.82 Å². The molecule has 0 aliphatic carbocycles. The first-order valence-corrected chi connectivity index (χ1v) is 5.85. The Balaban J connectivity index is 2.35. The largest absolute Gasteiger partial charge is 0.377 e. The molecule has 0 spiro atoms. The number of hydrogen-bond donors (Lipinski definition) is 1. The van der Waals surface area contributed by atoms with Gasteiger partial charge in [-0.2, -0.15) is 0 Å². The summed E-state index contributed by atoms with van der Waals surface area (Å²) in [5.41, 5.74) is -0.0840. The zero-order valence-electron chi connectivity index (χ0n) is 8.36. The molecule has 2 heterocycles. The van der Waals surface area contributed by atoms with Crippen LogP contribution in [0.25, 0.3) is 0 Å². The minimum absolute atomic E-state index is 0.0840. The SMILES string of the molecule is CC1COCCN1c1nc[nH]c(=O)c1I. The Kier molecular flexibility index (Phi) is 3.25. The molecule has 0 bridgehead atoms. The molecule has 6 heteroatoms. The third kappa shape index (κ3) is 2.15. The molecule has 0 radical (unpaired) electrons. The topological polar surface area (TPSA) is 58.2 Å². The van der Waals surface area contributed by atoms with Gasteiger partial charge in [-0.3, -0.25) is 4.79 Å². The molecule has 1 atom stereocenters. The van der Waals surface area contributed by atoms with Crippen molar-refractivity contribution in [1.82, 2.24) is 9.97 Å². The summed E-state index contributed by atoms with van der Waals surface area (Å²) in [6, 6.07) is 0.265. The first-order chi connectivity index (χ1) is 7.20. The van der Waals surface area contributed by atoms with Crippen molar-refractivity contribution in [2.75, 3.05) is 24.7 Å². The van der Waals surface area contributed by atoms with E-state index < -0.39 is 0 Å². The number of rotatable bonds is 1. The number of hydrogen-bond acceptors (Lipinski definition) is 4. The Hall–Kier alpha value is -0.630. The third-order valence-electron chi connectivity index (χ3n) is 2.42. The molecule has 1 aliphatic rings. The van der Waals surface area contributed by atoms with Crippen molar-refractivity contribution in [3.8, 4) is 0 Å². The van der Waals surface area contributed by atoms with Gasteiger partial charge < -0.3 is 14.6 Å². The number of H-pyrrole nitrogens is 1. The highest BCUT2D eigenvalue weighted by molar-refractivity contribution is 14.1. The van der Waals surface area contributed by atoms with Crippen molar-refractivity contribution in [3.05, 3.63) is 20.3 Å². The molecule has 0 amide bonds. The molecule has 0 aromatic carbocycles. The highest BCUT2D eigenvalue weighted by atomic mass is 127. The van der Waals surface area contributed by atoms with E-state index in [0.29, 0.717) is 16.8 Å². The summed E-state index contributed by atoms with van der Waals surface area (Å²) in [5, 5.41) is 0. The fraction of sp³-hybridized carbons (Fsp3) is 0.556. The van der Waals surface area contributed by atoms with Crippen LogP contribution in [0.1, 0.15) is 6.92 Å². The zero-order valence-corrected chi connectivity index (χ0v) is 10.5. The average molecular weight is 321 g/mol. The van der Waals surface area contributed by atoms with Gasteiger partial charge in [0.25, 0.3) is 5.56 Å². The Morgan fingerprint density at radius 1 is 1.73 bits per heavy atom. The normalized spacial score (nSPS) is 21.7. The van der Waals surface area contributed by atoms with Crippen molar-refractivity contribution in [2.24, 2.45) is 0 Å². The van der Waals surface area contributed by atoms with Crippen LogP contribution >= 0.6 is 22.6 Å². The van der Waals surface area contributed by atoms with Gasteiger partial charge in [0.1, 0.15) is 9.39 Å². The molecule has 15 heavy (non-hydrogen) atoms. The molecule has 1 N–H and O–H groups in total. The lowest BCUT2D eigenvalue weighted by Gasteiger charge is -2.34. The van der Waals surface area contributed by atoms with Crippen molar-refractivity contribution < 1.29 is 4.74 Å². The van der Waals surface area contributed by atoms with E-state index in [0.717, 1.165) is 12.4 Å². The minimum Gasteiger partial charge on any atom is -0.377 e. The van der Waals surface area contributed by atoms with Crippen molar-refractivity contribution >= 4 is 28.4 Å². The molecule has 82 valence electrons. The van der Waals surface area contributed by atoms with E-state index in [9.17, 15) is 4.79 Å². The maximum absolute atomic E-state index is 11.4. The quantitative estimate of drug-likeness (QED) is 0.770. The lowest BCUT2D eigenvalue weighted by atomic mass is 10.2. The Bertz CT molecular complexity index is 407. The van der Waals surface area contributed by atoms with Gasteiger partial charge in [0.2, 0.25) is 0 Å². The van der Waals surface area contributed by atoms with Crippen molar-refractivity contribution in [1.29, 1.82) is 0 Å². The predicted molar refractivity (Wildman–Crippen MR) is 65.2 cm³/mol. The monoisotopic (exact) mass is 321 g/mol.